The maximum Gasteiger partial charge on any atom is 0.189 e. The van der Waals surface area contributed by atoms with Gasteiger partial charge in [-0.05, 0) is 35.8 Å². The lowest BCUT2D eigenvalue weighted by Gasteiger charge is -2.39. The molecule has 0 N–H and O–H groups in total. The maximum atomic E-state index is 6.12. The van der Waals surface area contributed by atoms with Crippen molar-refractivity contribution in [3.05, 3.63) is 83.6 Å². The lowest BCUT2D eigenvalue weighted by Crippen LogP contribution is -2.44. The molecule has 124 valence electrons. The third-order valence-electron chi connectivity index (χ3n) is 5.71. The van der Waals surface area contributed by atoms with Crippen LogP contribution in [-0.4, -0.2) is 20.0 Å². The highest BCUT2D eigenvalue weighted by atomic mass is 16.7. The molecular weight excluding hydrogens is 296 g/mol. The first-order valence-corrected chi connectivity index (χ1v) is 8.77. The summed E-state index contributed by atoms with van der Waals surface area (Å²) in [4.78, 5) is 0. The smallest absolute Gasteiger partial charge is 0.189 e. The zero-order valence-corrected chi connectivity index (χ0v) is 14.4. The first-order valence-electron chi connectivity index (χ1n) is 8.77. The van der Waals surface area contributed by atoms with Gasteiger partial charge in [0.05, 0.1) is 11.8 Å². The Morgan fingerprint density at radius 1 is 0.708 bits per heavy atom. The van der Waals surface area contributed by atoms with Crippen molar-refractivity contribution < 1.29 is 9.47 Å². The van der Waals surface area contributed by atoms with Crippen LogP contribution in [0, 0.1) is 23.7 Å². The molecule has 4 rings (SSSR count). The second-order valence-corrected chi connectivity index (χ2v) is 6.73. The predicted octanol–water partition coefficient (Wildman–Crippen LogP) is 4.65. The number of hydrogen-bond donors (Lipinski definition) is 0. The topological polar surface area (TPSA) is 18.5 Å². The Morgan fingerprint density at radius 2 is 1.12 bits per heavy atom. The van der Waals surface area contributed by atoms with E-state index < -0.39 is 5.79 Å². The molecule has 2 unspecified atom stereocenters. The Bertz CT molecular complexity index is 607. The van der Waals surface area contributed by atoms with Crippen LogP contribution in [-0.2, 0) is 9.47 Å². The molecule has 2 aliphatic carbocycles. The summed E-state index contributed by atoms with van der Waals surface area (Å²) in [6, 6.07) is 21.3. The minimum Gasteiger partial charge on any atom is -0.351 e. The van der Waals surface area contributed by atoms with Crippen molar-refractivity contribution in [2.45, 2.75) is 25.0 Å². The zero-order valence-electron chi connectivity index (χ0n) is 14.4. The molecule has 2 saturated carbocycles. The van der Waals surface area contributed by atoms with Crippen LogP contribution in [0.2, 0.25) is 0 Å². The van der Waals surface area contributed by atoms with Crippen molar-refractivity contribution in [2.75, 3.05) is 14.2 Å². The number of ether oxygens (including phenoxy) is 2. The van der Waals surface area contributed by atoms with Crippen LogP contribution in [0.3, 0.4) is 0 Å². The second kappa shape index (κ2) is 6.34. The first kappa shape index (κ1) is 15.9. The summed E-state index contributed by atoms with van der Waals surface area (Å²) in [7, 11) is 3.55. The molecule has 0 aliphatic heterocycles. The third-order valence-corrected chi connectivity index (χ3v) is 5.71. The van der Waals surface area contributed by atoms with Crippen molar-refractivity contribution in [1.29, 1.82) is 0 Å². The van der Waals surface area contributed by atoms with Gasteiger partial charge in [-0.3, -0.25) is 0 Å². The maximum absolute atomic E-state index is 6.12. The Morgan fingerprint density at radius 3 is 1.50 bits per heavy atom. The minimum atomic E-state index is -0.752. The van der Waals surface area contributed by atoms with Crippen LogP contribution in [0.15, 0.2) is 60.7 Å². The van der Waals surface area contributed by atoms with Crippen molar-refractivity contribution in [2.24, 2.45) is 11.8 Å². The van der Waals surface area contributed by atoms with Gasteiger partial charge in [0.15, 0.2) is 5.79 Å². The van der Waals surface area contributed by atoms with Crippen LogP contribution in [0.25, 0.3) is 0 Å². The van der Waals surface area contributed by atoms with E-state index in [0.717, 1.165) is 0 Å². The molecular formula is C22H24O2. The number of benzene rings is 2. The molecule has 2 nitrogen and oxygen atoms in total. The van der Waals surface area contributed by atoms with Crippen LogP contribution < -0.4 is 0 Å². The van der Waals surface area contributed by atoms with E-state index in [1.54, 1.807) is 14.2 Å². The van der Waals surface area contributed by atoms with Gasteiger partial charge in [0.1, 0.15) is 0 Å². The van der Waals surface area contributed by atoms with Gasteiger partial charge in [0, 0.05) is 14.2 Å². The summed E-state index contributed by atoms with van der Waals surface area (Å²) < 4.78 is 12.2. The molecule has 2 radical (unpaired) electrons. The van der Waals surface area contributed by atoms with Gasteiger partial charge in [-0.15, -0.1) is 0 Å². The Kier molecular flexibility index (Phi) is 4.19. The molecule has 2 aromatic rings. The standard InChI is InChI=1S/C22H24O2/c1-23-22(24-2)20(16-10-5-3-6-11-16)18-14-9-15-19(18)21(22)17-12-7-4-8-13-17/h3-8,10-13,18-19H,9,14-15H2,1-2H3. The van der Waals surface area contributed by atoms with E-state index in [9.17, 15) is 0 Å². The molecule has 0 bridgehead atoms. The highest BCUT2D eigenvalue weighted by Crippen LogP contribution is 2.63. The number of rotatable bonds is 4. The van der Waals surface area contributed by atoms with E-state index in [0.29, 0.717) is 11.8 Å². The van der Waals surface area contributed by atoms with Crippen molar-refractivity contribution in [3.63, 3.8) is 0 Å². The van der Waals surface area contributed by atoms with Gasteiger partial charge >= 0.3 is 0 Å². The van der Waals surface area contributed by atoms with E-state index in [1.807, 2.05) is 0 Å². The van der Waals surface area contributed by atoms with Crippen LogP contribution >= 0.6 is 0 Å². The third kappa shape index (κ3) is 2.24. The normalized spacial score (nSPS) is 26.6. The summed E-state index contributed by atoms with van der Waals surface area (Å²) in [5.74, 6) is 2.85. The van der Waals surface area contributed by atoms with Crippen LogP contribution in [0.4, 0.5) is 0 Å². The van der Waals surface area contributed by atoms with Gasteiger partial charge in [0.2, 0.25) is 0 Å². The Labute approximate surface area is 144 Å². The van der Waals surface area contributed by atoms with Crippen molar-refractivity contribution in [3.8, 4) is 0 Å². The number of hydrogen-bond acceptors (Lipinski definition) is 2. The highest BCUT2D eigenvalue weighted by molar-refractivity contribution is 5.53. The fourth-order valence-electron chi connectivity index (χ4n) is 4.85. The van der Waals surface area contributed by atoms with E-state index in [-0.39, 0.29) is 0 Å². The molecule has 2 aromatic carbocycles. The number of fused-ring (bicyclic) bond motifs is 1. The van der Waals surface area contributed by atoms with E-state index in [1.165, 1.54) is 42.2 Å². The van der Waals surface area contributed by atoms with Gasteiger partial charge in [-0.1, -0.05) is 67.1 Å². The fourth-order valence-corrected chi connectivity index (χ4v) is 4.85. The molecule has 0 spiro atoms. The minimum absolute atomic E-state index is 0.502. The average molecular weight is 320 g/mol. The molecule has 0 saturated heterocycles. The average Bonchev–Trinajstić information content (AvgIpc) is 3.20. The van der Waals surface area contributed by atoms with Gasteiger partial charge in [0.25, 0.3) is 0 Å². The van der Waals surface area contributed by atoms with Gasteiger partial charge in [-0.25, -0.2) is 0 Å². The van der Waals surface area contributed by atoms with E-state index in [4.69, 9.17) is 9.47 Å². The van der Waals surface area contributed by atoms with Gasteiger partial charge in [-0.2, -0.15) is 0 Å². The summed E-state index contributed by atoms with van der Waals surface area (Å²) in [6.45, 7) is 0. The molecule has 0 amide bonds. The molecule has 2 fully saturated rings. The molecule has 0 heterocycles. The first-order chi connectivity index (χ1) is 11.8. The predicted molar refractivity (Wildman–Crippen MR) is 95.2 cm³/mol. The molecule has 24 heavy (non-hydrogen) atoms. The van der Waals surface area contributed by atoms with Crippen LogP contribution in [0.1, 0.15) is 30.4 Å². The fraction of sp³-hybridized carbons (Fsp3) is 0.364. The molecule has 2 aliphatic rings. The summed E-state index contributed by atoms with van der Waals surface area (Å²) in [6.07, 6.45) is 3.69. The van der Waals surface area contributed by atoms with Crippen LogP contribution in [0.5, 0.6) is 0 Å². The largest absolute Gasteiger partial charge is 0.351 e. The monoisotopic (exact) mass is 320 g/mol. The number of methoxy groups -OCH3 is 2. The summed E-state index contributed by atoms with van der Waals surface area (Å²) in [5.41, 5.74) is 2.48. The Hall–Kier alpha value is -1.64. The van der Waals surface area contributed by atoms with Gasteiger partial charge < -0.3 is 9.47 Å². The SMILES string of the molecule is COC1(OC)[C](c2ccccc2)C2CCCC2[C]1c1ccccc1. The van der Waals surface area contributed by atoms with E-state index >= 15 is 0 Å². The molecule has 0 aromatic heterocycles. The van der Waals surface area contributed by atoms with Crippen molar-refractivity contribution >= 4 is 0 Å². The summed E-state index contributed by atoms with van der Waals surface area (Å²) >= 11 is 0. The quantitative estimate of drug-likeness (QED) is 0.763. The molecule has 2 heteroatoms. The lowest BCUT2D eigenvalue weighted by molar-refractivity contribution is -0.171. The summed E-state index contributed by atoms with van der Waals surface area (Å²) in [5, 5.41) is 0. The molecule has 2 atom stereocenters. The second-order valence-electron chi connectivity index (χ2n) is 6.73. The van der Waals surface area contributed by atoms with E-state index in [2.05, 4.69) is 60.7 Å². The Balaban J connectivity index is 1.87. The lowest BCUT2D eigenvalue weighted by atomic mass is 9.82. The van der Waals surface area contributed by atoms with Crippen molar-refractivity contribution in [1.82, 2.24) is 0 Å². The highest BCUT2D eigenvalue weighted by Gasteiger charge is 2.64. The zero-order chi connectivity index (χ0) is 16.6.